The van der Waals surface area contributed by atoms with Gasteiger partial charge in [0.25, 0.3) is 0 Å². The minimum atomic E-state index is -1.34. The normalized spacial score (nSPS) is 25.9. The zero-order valence-electron chi connectivity index (χ0n) is 17.1. The van der Waals surface area contributed by atoms with Crippen LogP contribution in [0.3, 0.4) is 0 Å². The third kappa shape index (κ3) is 6.28. The second-order valence-corrected chi connectivity index (χ2v) is 7.15. The van der Waals surface area contributed by atoms with E-state index in [1.165, 1.54) is 11.1 Å². The van der Waals surface area contributed by atoms with E-state index in [0.717, 1.165) is 0 Å². The Kier molecular flexibility index (Phi) is 8.82. The first-order valence-corrected chi connectivity index (χ1v) is 10.0. The van der Waals surface area contributed by atoms with Crippen LogP contribution in [0.2, 0.25) is 0 Å². The fourth-order valence-electron chi connectivity index (χ4n) is 3.14. The molecule has 0 aliphatic carbocycles. The van der Waals surface area contributed by atoms with Crippen molar-refractivity contribution in [3.05, 3.63) is 24.0 Å². The van der Waals surface area contributed by atoms with E-state index in [-0.39, 0.29) is 37.5 Å². The van der Waals surface area contributed by atoms with Crippen LogP contribution in [0.15, 0.2) is 24.0 Å². The number of carbonyl (C=O) groups is 3. The van der Waals surface area contributed by atoms with Crippen molar-refractivity contribution in [1.29, 1.82) is 0 Å². The molecule has 10 nitrogen and oxygen atoms in total. The molecule has 0 unspecified atom stereocenters. The summed E-state index contributed by atoms with van der Waals surface area (Å²) in [6, 6.07) is 0. The van der Waals surface area contributed by atoms with E-state index in [1.807, 2.05) is 13.8 Å². The first-order valence-electron chi connectivity index (χ1n) is 10.0. The Morgan fingerprint density at radius 2 is 1.83 bits per heavy atom. The van der Waals surface area contributed by atoms with Crippen LogP contribution >= 0.6 is 0 Å². The van der Waals surface area contributed by atoms with Gasteiger partial charge in [0.15, 0.2) is 6.23 Å². The average Bonchev–Trinajstić information content (AvgIpc) is 3.03. The van der Waals surface area contributed by atoms with E-state index in [0.29, 0.717) is 12.8 Å². The van der Waals surface area contributed by atoms with E-state index >= 15 is 0 Å². The molecule has 1 fully saturated rings. The summed E-state index contributed by atoms with van der Waals surface area (Å²) in [4.78, 5) is 36.1. The molecule has 0 aromatic rings. The molecule has 1 saturated heterocycles. The summed E-state index contributed by atoms with van der Waals surface area (Å²) in [7, 11) is 0. The summed E-state index contributed by atoms with van der Waals surface area (Å²) in [5.41, 5.74) is 0.109. The van der Waals surface area contributed by atoms with Crippen LogP contribution in [0, 0.1) is 0 Å². The molecule has 4 atom stereocenters. The molecule has 0 amide bonds. The maximum Gasteiger partial charge on any atom is 0.333 e. The SMILES string of the molecule is CCC(CC)OC(=O)CCC(=O)OC[C@H]1O[C@@H](N2C=CCC(C(=O)O)=C2)[C@H](O)[C@@H]1O. The zero-order valence-corrected chi connectivity index (χ0v) is 17.1. The molecule has 0 aromatic carbocycles. The average molecular weight is 427 g/mol. The molecule has 2 aliphatic heterocycles. The highest BCUT2D eigenvalue weighted by atomic mass is 16.6. The highest BCUT2D eigenvalue weighted by Crippen LogP contribution is 2.27. The topological polar surface area (TPSA) is 143 Å². The Hall–Kier alpha value is -2.43. The maximum atomic E-state index is 11.9. The lowest BCUT2D eigenvalue weighted by Crippen LogP contribution is -2.40. The number of carboxylic acid groups (broad SMARTS) is 1. The van der Waals surface area contributed by atoms with Gasteiger partial charge in [-0.15, -0.1) is 0 Å². The molecule has 0 aromatic heterocycles. The monoisotopic (exact) mass is 427 g/mol. The zero-order chi connectivity index (χ0) is 22.3. The first kappa shape index (κ1) is 23.8. The van der Waals surface area contributed by atoms with E-state index < -0.39 is 42.4 Å². The van der Waals surface area contributed by atoms with Crippen LogP contribution in [0.1, 0.15) is 46.0 Å². The number of hydrogen-bond acceptors (Lipinski definition) is 9. The van der Waals surface area contributed by atoms with Gasteiger partial charge in [-0.3, -0.25) is 9.59 Å². The second-order valence-electron chi connectivity index (χ2n) is 7.15. The van der Waals surface area contributed by atoms with Gasteiger partial charge < -0.3 is 34.4 Å². The minimum Gasteiger partial charge on any atom is -0.478 e. The van der Waals surface area contributed by atoms with Crippen LogP contribution in [-0.2, 0) is 28.6 Å². The highest BCUT2D eigenvalue weighted by Gasteiger charge is 2.45. The van der Waals surface area contributed by atoms with Gasteiger partial charge in [0.05, 0.1) is 18.4 Å². The number of ether oxygens (including phenoxy) is 3. The molecule has 10 heteroatoms. The number of carbonyl (C=O) groups excluding carboxylic acids is 2. The van der Waals surface area contributed by atoms with Gasteiger partial charge in [0.2, 0.25) is 0 Å². The van der Waals surface area contributed by atoms with Gasteiger partial charge in [0, 0.05) is 18.8 Å². The highest BCUT2D eigenvalue weighted by molar-refractivity contribution is 5.87. The van der Waals surface area contributed by atoms with Crippen molar-refractivity contribution < 1.29 is 43.9 Å². The first-order chi connectivity index (χ1) is 14.3. The number of hydrogen-bond donors (Lipinski definition) is 3. The molecule has 2 heterocycles. The molecule has 2 aliphatic rings. The Balaban J connectivity index is 1.81. The van der Waals surface area contributed by atoms with Gasteiger partial charge in [-0.25, -0.2) is 4.79 Å². The van der Waals surface area contributed by atoms with E-state index in [9.17, 15) is 24.6 Å². The molecule has 168 valence electrons. The van der Waals surface area contributed by atoms with Crippen LogP contribution in [-0.4, -0.2) is 75.4 Å². The van der Waals surface area contributed by atoms with Crippen LogP contribution in [0.4, 0.5) is 0 Å². The van der Waals surface area contributed by atoms with Crippen molar-refractivity contribution in [3.63, 3.8) is 0 Å². The van der Waals surface area contributed by atoms with Crippen LogP contribution in [0.25, 0.3) is 0 Å². The summed E-state index contributed by atoms with van der Waals surface area (Å²) < 4.78 is 15.8. The molecular formula is C20H29NO9. The third-order valence-corrected chi connectivity index (χ3v) is 4.98. The molecule has 3 N–H and O–H groups in total. The lowest BCUT2D eigenvalue weighted by atomic mass is 10.1. The second kappa shape index (κ2) is 11.1. The van der Waals surface area contributed by atoms with Crippen molar-refractivity contribution in [2.75, 3.05) is 6.61 Å². The summed E-state index contributed by atoms with van der Waals surface area (Å²) in [6.07, 6.45) is 0.944. The largest absolute Gasteiger partial charge is 0.478 e. The number of esters is 2. The summed E-state index contributed by atoms with van der Waals surface area (Å²) >= 11 is 0. The number of nitrogens with zero attached hydrogens (tertiary/aromatic N) is 1. The lowest BCUT2D eigenvalue weighted by Gasteiger charge is -2.28. The molecule has 0 radical (unpaired) electrons. The standard InChI is InChI=1S/C20H29NO9/c1-3-13(4-2)29-16(23)8-7-15(22)28-11-14-17(24)18(25)19(30-14)21-9-5-6-12(10-21)20(26)27/h5,9-10,13-14,17-19,24-25H,3-4,6-8,11H2,1-2H3,(H,26,27)/t14-,17-,18-,19-/m1/s1. The van der Waals surface area contributed by atoms with Crippen molar-refractivity contribution in [2.24, 2.45) is 0 Å². The molecule has 0 bridgehead atoms. The number of aliphatic hydroxyl groups excluding tert-OH is 2. The van der Waals surface area contributed by atoms with E-state index in [4.69, 9.17) is 19.3 Å². The minimum absolute atomic E-state index is 0.109. The Labute approximate surface area is 174 Å². The summed E-state index contributed by atoms with van der Waals surface area (Å²) in [6.45, 7) is 3.49. The van der Waals surface area contributed by atoms with Crippen molar-refractivity contribution in [2.45, 2.75) is 76.6 Å². The van der Waals surface area contributed by atoms with Gasteiger partial charge in [-0.05, 0) is 12.8 Å². The van der Waals surface area contributed by atoms with E-state index in [2.05, 4.69) is 0 Å². The Morgan fingerprint density at radius 1 is 1.17 bits per heavy atom. The fourth-order valence-corrected chi connectivity index (χ4v) is 3.14. The lowest BCUT2D eigenvalue weighted by molar-refractivity contribution is -0.156. The summed E-state index contributed by atoms with van der Waals surface area (Å²) in [5.74, 6) is -2.23. The number of carboxylic acids is 1. The Morgan fingerprint density at radius 3 is 2.47 bits per heavy atom. The molecule has 30 heavy (non-hydrogen) atoms. The molecular weight excluding hydrogens is 398 g/mol. The Bertz CT molecular complexity index is 686. The number of allylic oxidation sites excluding steroid dienone is 1. The molecule has 0 spiro atoms. The number of aliphatic carboxylic acids is 1. The smallest absolute Gasteiger partial charge is 0.333 e. The van der Waals surface area contributed by atoms with Crippen molar-refractivity contribution >= 4 is 17.9 Å². The number of rotatable bonds is 10. The predicted molar refractivity (Wildman–Crippen MR) is 103 cm³/mol. The van der Waals surface area contributed by atoms with Gasteiger partial charge >= 0.3 is 17.9 Å². The third-order valence-electron chi connectivity index (χ3n) is 4.98. The van der Waals surface area contributed by atoms with Crippen LogP contribution < -0.4 is 0 Å². The predicted octanol–water partition coefficient (Wildman–Crippen LogP) is 0.676. The fraction of sp³-hybridized carbons (Fsp3) is 0.650. The number of aliphatic hydroxyl groups is 2. The van der Waals surface area contributed by atoms with Gasteiger partial charge in [-0.2, -0.15) is 0 Å². The van der Waals surface area contributed by atoms with Gasteiger partial charge in [-0.1, -0.05) is 19.9 Å². The van der Waals surface area contributed by atoms with Crippen molar-refractivity contribution in [3.8, 4) is 0 Å². The molecule has 2 rings (SSSR count). The molecule has 0 saturated carbocycles. The van der Waals surface area contributed by atoms with E-state index in [1.54, 1.807) is 12.3 Å². The van der Waals surface area contributed by atoms with Crippen molar-refractivity contribution in [1.82, 2.24) is 4.90 Å². The van der Waals surface area contributed by atoms with Crippen LogP contribution in [0.5, 0.6) is 0 Å². The quantitative estimate of drug-likeness (QED) is 0.426. The van der Waals surface area contributed by atoms with Gasteiger partial charge in [0.1, 0.15) is 31.0 Å². The maximum absolute atomic E-state index is 11.9. The summed E-state index contributed by atoms with van der Waals surface area (Å²) in [5, 5.41) is 29.5.